The zero-order chi connectivity index (χ0) is 26.8. The number of nitrogens with one attached hydrogen (secondary N) is 1. The van der Waals surface area contributed by atoms with Crippen molar-refractivity contribution in [3.8, 4) is 0 Å². The number of hydrogen-bond acceptors (Lipinski definition) is 5. The van der Waals surface area contributed by atoms with E-state index in [1.54, 1.807) is 0 Å². The summed E-state index contributed by atoms with van der Waals surface area (Å²) in [6.45, 7) is 12.5. The Balaban J connectivity index is 1.65. The average Bonchev–Trinajstić information content (AvgIpc) is 3.21. The number of benzene rings is 1. The maximum atomic E-state index is 13.3. The number of fused-ring (bicyclic) bond motifs is 2. The van der Waals surface area contributed by atoms with Gasteiger partial charge in [0.15, 0.2) is 11.5 Å². The Morgan fingerprint density at radius 1 is 1.11 bits per heavy atom. The van der Waals surface area contributed by atoms with Crippen molar-refractivity contribution < 1.29 is 18.7 Å². The van der Waals surface area contributed by atoms with E-state index in [2.05, 4.69) is 31.1 Å². The average molecular weight is 511 g/mol. The molecule has 0 bridgehead atoms. The lowest BCUT2D eigenvalue weighted by atomic mass is 9.78. The second-order valence-electron chi connectivity index (χ2n) is 12.6. The summed E-state index contributed by atoms with van der Waals surface area (Å²) in [7, 11) is 0. The van der Waals surface area contributed by atoms with Gasteiger partial charge in [-0.2, -0.15) is 0 Å². The molecule has 0 aliphatic carbocycles. The number of carbonyl (C=O) groups is 2. The summed E-state index contributed by atoms with van der Waals surface area (Å²) in [5, 5.41) is 3.33. The van der Waals surface area contributed by atoms with E-state index in [-0.39, 0.29) is 28.9 Å². The van der Waals surface area contributed by atoms with Gasteiger partial charge in [-0.05, 0) is 56.2 Å². The molecule has 0 spiro atoms. The molecule has 2 aliphatic heterocycles. The highest BCUT2D eigenvalue weighted by Gasteiger charge is 2.65. The van der Waals surface area contributed by atoms with Crippen LogP contribution in [0.15, 0.2) is 22.6 Å². The van der Waals surface area contributed by atoms with E-state index in [1.165, 1.54) is 0 Å². The fourth-order valence-corrected chi connectivity index (χ4v) is 6.16. The standard InChI is InChI=1S/C31H46N2O4/c1-7-8-17-31-20-25(23-12-13-26-24(19-23)32-22(3)36-26)33-28(35)15-18-29(4,5)27(34)14-11-21(2)10-9-16-30(31,6)37-31/h12-13,19,21,25H,7-11,14-18,20H2,1-6H3,(H,33,35). The van der Waals surface area contributed by atoms with Gasteiger partial charge in [-0.15, -0.1) is 0 Å². The minimum Gasteiger partial charge on any atom is -0.441 e. The number of aryl methyl sites for hydroxylation is 1. The van der Waals surface area contributed by atoms with Crippen molar-refractivity contribution >= 4 is 22.8 Å². The van der Waals surface area contributed by atoms with E-state index < -0.39 is 5.41 Å². The Hall–Kier alpha value is -2.21. The zero-order valence-electron chi connectivity index (χ0n) is 23.7. The number of Topliss-reactive ketones (excluding diaryl/α,β-unsaturated/α-hetero) is 1. The Kier molecular flexibility index (Phi) is 8.18. The smallest absolute Gasteiger partial charge is 0.220 e. The van der Waals surface area contributed by atoms with Crippen molar-refractivity contribution in [2.24, 2.45) is 11.3 Å². The van der Waals surface area contributed by atoms with Gasteiger partial charge in [0.2, 0.25) is 5.91 Å². The molecule has 6 nitrogen and oxygen atoms in total. The van der Waals surface area contributed by atoms with E-state index in [1.807, 2.05) is 39.0 Å². The molecule has 2 fully saturated rings. The fourth-order valence-electron chi connectivity index (χ4n) is 6.16. The molecule has 6 heteroatoms. The molecule has 1 aromatic carbocycles. The van der Waals surface area contributed by atoms with Gasteiger partial charge < -0.3 is 14.5 Å². The quantitative estimate of drug-likeness (QED) is 0.434. The summed E-state index contributed by atoms with van der Waals surface area (Å²) < 4.78 is 12.3. The first-order chi connectivity index (χ1) is 17.5. The molecule has 2 aromatic rings. The van der Waals surface area contributed by atoms with E-state index in [9.17, 15) is 9.59 Å². The highest BCUT2D eigenvalue weighted by molar-refractivity contribution is 5.85. The lowest BCUT2D eigenvalue weighted by molar-refractivity contribution is -0.128. The number of rotatable bonds is 4. The molecule has 1 aromatic heterocycles. The minimum atomic E-state index is -0.499. The number of nitrogens with zero attached hydrogens (tertiary/aromatic N) is 1. The van der Waals surface area contributed by atoms with Crippen molar-refractivity contribution in [1.29, 1.82) is 0 Å². The highest BCUT2D eigenvalue weighted by atomic mass is 16.6. The Labute approximate surface area is 222 Å². The Bertz CT molecular complexity index is 1120. The first-order valence-electron chi connectivity index (χ1n) is 14.4. The van der Waals surface area contributed by atoms with Gasteiger partial charge in [0.1, 0.15) is 11.3 Å². The molecule has 0 saturated carbocycles. The molecule has 1 amide bonds. The summed E-state index contributed by atoms with van der Waals surface area (Å²) in [6, 6.07) is 5.83. The number of carbonyl (C=O) groups excluding carboxylic acids is 2. The first kappa shape index (κ1) is 27.8. The maximum absolute atomic E-state index is 13.3. The lowest BCUT2D eigenvalue weighted by Crippen LogP contribution is -2.36. The van der Waals surface area contributed by atoms with Crippen LogP contribution in [0.1, 0.15) is 123 Å². The highest BCUT2D eigenvalue weighted by Crippen LogP contribution is 2.58. The van der Waals surface area contributed by atoms with Crippen molar-refractivity contribution in [2.75, 3.05) is 0 Å². The summed E-state index contributed by atoms with van der Waals surface area (Å²) in [4.78, 5) is 30.8. The number of ketones is 1. The zero-order valence-corrected chi connectivity index (χ0v) is 23.7. The summed E-state index contributed by atoms with van der Waals surface area (Å²) >= 11 is 0. The van der Waals surface area contributed by atoms with Gasteiger partial charge in [-0.25, -0.2) is 4.98 Å². The summed E-state index contributed by atoms with van der Waals surface area (Å²) in [6.07, 6.45) is 9.53. The van der Waals surface area contributed by atoms with Crippen LogP contribution in [0.4, 0.5) is 0 Å². The molecule has 37 heavy (non-hydrogen) atoms. The number of oxazole rings is 1. The van der Waals surface area contributed by atoms with E-state index in [0.717, 1.165) is 68.0 Å². The van der Waals surface area contributed by atoms with Crippen LogP contribution >= 0.6 is 0 Å². The summed E-state index contributed by atoms with van der Waals surface area (Å²) in [5.74, 6) is 1.39. The third-order valence-electron chi connectivity index (χ3n) is 9.01. The van der Waals surface area contributed by atoms with Gasteiger partial charge in [-0.3, -0.25) is 9.59 Å². The second kappa shape index (κ2) is 10.9. The molecule has 204 valence electrons. The fraction of sp³-hybridized carbons (Fsp3) is 0.710. The van der Waals surface area contributed by atoms with Crippen LogP contribution in [-0.2, 0) is 14.3 Å². The van der Waals surface area contributed by atoms with Crippen LogP contribution in [-0.4, -0.2) is 27.9 Å². The molecule has 2 aliphatic rings. The largest absolute Gasteiger partial charge is 0.441 e. The molecule has 2 saturated heterocycles. The van der Waals surface area contributed by atoms with Crippen LogP contribution in [0.25, 0.3) is 11.1 Å². The molecule has 0 radical (unpaired) electrons. The molecular weight excluding hydrogens is 464 g/mol. The van der Waals surface area contributed by atoms with Crippen molar-refractivity contribution in [3.05, 3.63) is 29.7 Å². The van der Waals surface area contributed by atoms with Gasteiger partial charge in [-0.1, -0.05) is 59.4 Å². The molecule has 4 rings (SSSR count). The topological polar surface area (TPSA) is 84.7 Å². The normalized spacial score (nSPS) is 31.6. The third-order valence-corrected chi connectivity index (χ3v) is 9.01. The molecule has 1 N–H and O–H groups in total. The summed E-state index contributed by atoms with van der Waals surface area (Å²) in [5.41, 5.74) is 1.65. The first-order valence-corrected chi connectivity index (χ1v) is 14.4. The number of hydrogen-bond donors (Lipinski definition) is 1. The van der Waals surface area contributed by atoms with E-state index in [0.29, 0.717) is 31.1 Å². The Morgan fingerprint density at radius 2 is 1.89 bits per heavy atom. The second-order valence-corrected chi connectivity index (χ2v) is 12.6. The molecule has 4 unspecified atom stereocenters. The number of unbranched alkanes of at least 4 members (excludes halogenated alkanes) is 1. The molecule has 3 heterocycles. The number of amides is 1. The van der Waals surface area contributed by atoms with E-state index >= 15 is 0 Å². The van der Waals surface area contributed by atoms with E-state index in [4.69, 9.17) is 9.15 Å². The molecular formula is C31H46N2O4. The van der Waals surface area contributed by atoms with Crippen LogP contribution in [0.2, 0.25) is 0 Å². The van der Waals surface area contributed by atoms with Crippen LogP contribution in [0, 0.1) is 18.3 Å². The van der Waals surface area contributed by atoms with Gasteiger partial charge in [0, 0.05) is 31.6 Å². The van der Waals surface area contributed by atoms with Gasteiger partial charge in [0.25, 0.3) is 0 Å². The van der Waals surface area contributed by atoms with Crippen LogP contribution in [0.3, 0.4) is 0 Å². The van der Waals surface area contributed by atoms with Crippen molar-refractivity contribution in [2.45, 2.75) is 129 Å². The lowest BCUT2D eigenvalue weighted by Gasteiger charge is -2.27. The predicted molar refractivity (Wildman–Crippen MR) is 146 cm³/mol. The molecule has 4 atom stereocenters. The minimum absolute atomic E-state index is 0.0178. The number of aromatic nitrogens is 1. The maximum Gasteiger partial charge on any atom is 0.220 e. The number of epoxide rings is 1. The van der Waals surface area contributed by atoms with Crippen molar-refractivity contribution in [1.82, 2.24) is 10.3 Å². The van der Waals surface area contributed by atoms with Crippen LogP contribution in [0.5, 0.6) is 0 Å². The monoisotopic (exact) mass is 510 g/mol. The third kappa shape index (κ3) is 6.27. The Morgan fingerprint density at radius 3 is 2.65 bits per heavy atom. The van der Waals surface area contributed by atoms with Gasteiger partial charge in [0.05, 0.1) is 17.2 Å². The predicted octanol–water partition coefficient (Wildman–Crippen LogP) is 7.38. The van der Waals surface area contributed by atoms with Gasteiger partial charge >= 0.3 is 0 Å². The van der Waals surface area contributed by atoms with Crippen molar-refractivity contribution in [3.63, 3.8) is 0 Å². The number of ether oxygens (including phenoxy) is 1. The SMILES string of the molecule is CCCCC12CC(c3ccc4oc(C)nc4c3)NC(=O)CCC(C)(C)C(=O)CCC(C)CCCC1(C)O2. The van der Waals surface area contributed by atoms with Crippen LogP contribution < -0.4 is 5.32 Å².